The van der Waals surface area contributed by atoms with E-state index in [1.165, 1.54) is 5.56 Å². The predicted molar refractivity (Wildman–Crippen MR) is 106 cm³/mol. The first-order chi connectivity index (χ1) is 13.4. The fourth-order valence-electron chi connectivity index (χ4n) is 3.07. The molecule has 0 aliphatic carbocycles. The van der Waals surface area contributed by atoms with Crippen molar-refractivity contribution in [2.75, 3.05) is 32.9 Å². The molecule has 0 saturated heterocycles. The second kappa shape index (κ2) is 10.6. The summed E-state index contributed by atoms with van der Waals surface area (Å²) in [4.78, 5) is 4.72. The highest BCUT2D eigenvalue weighted by Gasteiger charge is 2.21. The van der Waals surface area contributed by atoms with Gasteiger partial charge in [0.05, 0.1) is 18.9 Å². The van der Waals surface area contributed by atoms with Gasteiger partial charge in [0.2, 0.25) is 0 Å². The van der Waals surface area contributed by atoms with E-state index in [4.69, 9.17) is 18.9 Å². The third-order valence-electron chi connectivity index (χ3n) is 4.43. The van der Waals surface area contributed by atoms with Gasteiger partial charge in [-0.05, 0) is 31.5 Å². The van der Waals surface area contributed by atoms with Crippen LogP contribution in [0.25, 0.3) is 0 Å². The molecule has 0 radical (unpaired) electrons. The standard InChI is InChI=1S/C21H29N3O3/c1-2-25-14-6-12-22-21(23-13-10-17-7-5-15-26-17)24-19-11-16-27-20-9-4-3-8-18(19)20/h3-5,7-9,15,19H,2,6,10-14,16H2,1H3,(H2,22,23,24). The van der Waals surface area contributed by atoms with E-state index in [1.807, 2.05) is 37.3 Å². The Morgan fingerprint density at radius 1 is 1.26 bits per heavy atom. The molecule has 1 aliphatic rings. The summed E-state index contributed by atoms with van der Waals surface area (Å²) in [6.45, 7) is 5.68. The number of rotatable bonds is 9. The summed E-state index contributed by atoms with van der Waals surface area (Å²) in [6.07, 6.45) is 4.34. The van der Waals surface area contributed by atoms with E-state index in [-0.39, 0.29) is 6.04 Å². The van der Waals surface area contributed by atoms with Gasteiger partial charge in [-0.2, -0.15) is 0 Å². The Morgan fingerprint density at radius 3 is 3.04 bits per heavy atom. The average Bonchev–Trinajstić information content (AvgIpc) is 3.21. The van der Waals surface area contributed by atoms with Crippen molar-refractivity contribution in [3.8, 4) is 5.75 Å². The molecule has 1 unspecified atom stereocenters. The molecule has 146 valence electrons. The number of hydrogen-bond acceptors (Lipinski definition) is 4. The smallest absolute Gasteiger partial charge is 0.191 e. The van der Waals surface area contributed by atoms with Gasteiger partial charge in [0, 0.05) is 44.7 Å². The van der Waals surface area contributed by atoms with Crippen LogP contribution in [0.2, 0.25) is 0 Å². The number of fused-ring (bicyclic) bond motifs is 1. The van der Waals surface area contributed by atoms with Gasteiger partial charge in [0.25, 0.3) is 0 Å². The van der Waals surface area contributed by atoms with E-state index in [1.54, 1.807) is 6.26 Å². The van der Waals surface area contributed by atoms with Crippen LogP contribution in [0.4, 0.5) is 0 Å². The number of benzene rings is 1. The average molecular weight is 371 g/mol. The molecule has 1 aliphatic heterocycles. The molecular formula is C21H29N3O3. The Balaban J connectivity index is 1.59. The lowest BCUT2D eigenvalue weighted by Crippen LogP contribution is -2.42. The Bertz CT molecular complexity index is 700. The minimum atomic E-state index is 0.191. The van der Waals surface area contributed by atoms with Crippen LogP contribution in [0, 0.1) is 0 Å². The molecule has 2 aromatic rings. The van der Waals surface area contributed by atoms with Crippen molar-refractivity contribution in [1.82, 2.24) is 10.6 Å². The van der Waals surface area contributed by atoms with E-state index in [2.05, 4.69) is 16.7 Å². The summed E-state index contributed by atoms with van der Waals surface area (Å²) in [5.41, 5.74) is 1.18. The molecule has 0 saturated carbocycles. The van der Waals surface area contributed by atoms with Crippen molar-refractivity contribution in [3.63, 3.8) is 0 Å². The zero-order chi connectivity index (χ0) is 18.7. The second-order valence-corrected chi connectivity index (χ2v) is 6.41. The number of ether oxygens (including phenoxy) is 2. The number of nitrogens with one attached hydrogen (secondary N) is 2. The van der Waals surface area contributed by atoms with Crippen LogP contribution in [0.15, 0.2) is 52.1 Å². The van der Waals surface area contributed by atoms with E-state index < -0.39 is 0 Å². The van der Waals surface area contributed by atoms with Gasteiger partial charge in [-0.25, -0.2) is 0 Å². The summed E-state index contributed by atoms with van der Waals surface area (Å²) in [7, 11) is 0. The first-order valence-corrected chi connectivity index (χ1v) is 9.73. The summed E-state index contributed by atoms with van der Waals surface area (Å²) < 4.78 is 16.6. The number of guanidine groups is 1. The highest BCUT2D eigenvalue weighted by molar-refractivity contribution is 5.80. The Kier molecular flexibility index (Phi) is 7.59. The van der Waals surface area contributed by atoms with Crippen LogP contribution in [0.1, 0.15) is 37.1 Å². The largest absolute Gasteiger partial charge is 0.493 e. The Labute approximate surface area is 161 Å². The Hall–Kier alpha value is -2.47. The van der Waals surface area contributed by atoms with Gasteiger partial charge in [0.15, 0.2) is 5.96 Å². The molecule has 2 heterocycles. The zero-order valence-electron chi connectivity index (χ0n) is 15.9. The monoisotopic (exact) mass is 371 g/mol. The topological polar surface area (TPSA) is 68.0 Å². The number of para-hydroxylation sites is 1. The third-order valence-corrected chi connectivity index (χ3v) is 4.43. The lowest BCUT2D eigenvalue weighted by Gasteiger charge is -2.28. The van der Waals surface area contributed by atoms with Gasteiger partial charge < -0.3 is 24.5 Å². The first-order valence-electron chi connectivity index (χ1n) is 9.73. The fraction of sp³-hybridized carbons (Fsp3) is 0.476. The summed E-state index contributed by atoms with van der Waals surface area (Å²) in [6, 6.07) is 12.3. The lowest BCUT2D eigenvalue weighted by molar-refractivity contribution is 0.146. The molecule has 1 aromatic carbocycles. The number of furan rings is 1. The molecule has 0 fully saturated rings. The maximum atomic E-state index is 5.76. The minimum Gasteiger partial charge on any atom is -0.493 e. The molecule has 0 bridgehead atoms. The van der Waals surface area contributed by atoms with Crippen molar-refractivity contribution in [3.05, 3.63) is 54.0 Å². The predicted octanol–water partition coefficient (Wildman–Crippen LogP) is 3.31. The SMILES string of the molecule is CCOCCCN=C(NCCc1ccco1)NC1CCOc2ccccc21. The van der Waals surface area contributed by atoms with Crippen LogP contribution in [-0.4, -0.2) is 38.9 Å². The maximum Gasteiger partial charge on any atom is 0.191 e. The highest BCUT2D eigenvalue weighted by atomic mass is 16.5. The van der Waals surface area contributed by atoms with Gasteiger partial charge in [-0.15, -0.1) is 0 Å². The molecule has 1 aromatic heterocycles. The van der Waals surface area contributed by atoms with Crippen LogP contribution >= 0.6 is 0 Å². The molecule has 1 atom stereocenters. The van der Waals surface area contributed by atoms with E-state index in [0.29, 0.717) is 6.61 Å². The molecule has 3 rings (SSSR count). The lowest BCUT2D eigenvalue weighted by atomic mass is 10.0. The second-order valence-electron chi connectivity index (χ2n) is 6.41. The van der Waals surface area contributed by atoms with E-state index >= 15 is 0 Å². The van der Waals surface area contributed by atoms with Crippen LogP contribution < -0.4 is 15.4 Å². The number of nitrogens with zero attached hydrogens (tertiary/aromatic N) is 1. The summed E-state index contributed by atoms with van der Waals surface area (Å²) >= 11 is 0. The van der Waals surface area contributed by atoms with Crippen LogP contribution in [0.5, 0.6) is 5.75 Å². The molecular weight excluding hydrogens is 342 g/mol. The molecule has 0 amide bonds. The van der Waals surface area contributed by atoms with Crippen molar-refractivity contribution in [1.29, 1.82) is 0 Å². The normalized spacial score (nSPS) is 16.5. The van der Waals surface area contributed by atoms with Crippen LogP contribution in [-0.2, 0) is 11.2 Å². The Morgan fingerprint density at radius 2 is 2.19 bits per heavy atom. The van der Waals surface area contributed by atoms with E-state index in [9.17, 15) is 0 Å². The molecule has 6 nitrogen and oxygen atoms in total. The third kappa shape index (κ3) is 6.03. The van der Waals surface area contributed by atoms with E-state index in [0.717, 1.165) is 63.0 Å². The van der Waals surface area contributed by atoms with Gasteiger partial charge in [-0.3, -0.25) is 4.99 Å². The fourth-order valence-corrected chi connectivity index (χ4v) is 3.07. The summed E-state index contributed by atoms with van der Waals surface area (Å²) in [5.74, 6) is 2.74. The van der Waals surface area contributed by atoms with Crippen molar-refractivity contribution in [2.24, 2.45) is 4.99 Å². The van der Waals surface area contributed by atoms with Gasteiger partial charge in [-0.1, -0.05) is 18.2 Å². The molecule has 6 heteroatoms. The summed E-state index contributed by atoms with van der Waals surface area (Å²) in [5, 5.41) is 6.99. The minimum absolute atomic E-state index is 0.191. The zero-order valence-corrected chi connectivity index (χ0v) is 15.9. The molecule has 0 spiro atoms. The molecule has 27 heavy (non-hydrogen) atoms. The first kappa shape index (κ1) is 19.3. The van der Waals surface area contributed by atoms with Crippen molar-refractivity contribution < 1.29 is 13.9 Å². The highest BCUT2D eigenvalue weighted by Crippen LogP contribution is 2.31. The maximum absolute atomic E-state index is 5.76. The van der Waals surface area contributed by atoms with Crippen LogP contribution in [0.3, 0.4) is 0 Å². The van der Waals surface area contributed by atoms with Gasteiger partial charge in [0.1, 0.15) is 11.5 Å². The van der Waals surface area contributed by atoms with Gasteiger partial charge >= 0.3 is 0 Å². The van der Waals surface area contributed by atoms with Crippen molar-refractivity contribution in [2.45, 2.75) is 32.2 Å². The quantitative estimate of drug-likeness (QED) is 0.402. The van der Waals surface area contributed by atoms with Crippen molar-refractivity contribution >= 4 is 5.96 Å². The number of hydrogen-bond donors (Lipinski definition) is 2. The molecule has 2 N–H and O–H groups in total. The number of aliphatic imine (C=N–C) groups is 1.